The molecule has 0 radical (unpaired) electrons. The van der Waals surface area contributed by atoms with E-state index in [1.54, 1.807) is 30.3 Å². The van der Waals surface area contributed by atoms with Gasteiger partial charge < -0.3 is 10.1 Å². The highest BCUT2D eigenvalue weighted by molar-refractivity contribution is 6.36. The number of ether oxygens (including phenoxy) is 1. The zero-order valence-corrected chi connectivity index (χ0v) is 14.7. The molecule has 1 amide bonds. The molecule has 0 spiro atoms. The second kappa shape index (κ2) is 6.11. The summed E-state index contributed by atoms with van der Waals surface area (Å²) in [7, 11) is 0. The molecule has 1 aliphatic rings. The van der Waals surface area contributed by atoms with Gasteiger partial charge in [-0.2, -0.15) is 0 Å². The molecule has 2 aromatic rings. The van der Waals surface area contributed by atoms with Crippen molar-refractivity contribution >= 4 is 40.6 Å². The Morgan fingerprint density at radius 3 is 2.67 bits per heavy atom. The zero-order chi connectivity index (χ0) is 17.5. The molecule has 0 unspecified atom stereocenters. The van der Waals surface area contributed by atoms with Crippen LogP contribution in [0.2, 0.25) is 10.0 Å². The molecular formula is C18H15Cl2NO3. The quantitative estimate of drug-likeness (QED) is 0.817. The van der Waals surface area contributed by atoms with Gasteiger partial charge in [-0.05, 0) is 50.2 Å². The number of carbonyl (C=O) groups excluding carboxylic acids is 2. The van der Waals surface area contributed by atoms with Crippen molar-refractivity contribution in [1.29, 1.82) is 0 Å². The summed E-state index contributed by atoms with van der Waals surface area (Å²) in [4.78, 5) is 24.6. The Hall–Kier alpha value is -2.04. The molecule has 2 aromatic carbocycles. The highest BCUT2D eigenvalue weighted by Gasteiger charge is 2.32. The Labute approximate surface area is 149 Å². The molecule has 24 heavy (non-hydrogen) atoms. The summed E-state index contributed by atoms with van der Waals surface area (Å²) in [5, 5.41) is 3.45. The maximum absolute atomic E-state index is 12.4. The van der Waals surface area contributed by atoms with Gasteiger partial charge in [-0.1, -0.05) is 23.2 Å². The van der Waals surface area contributed by atoms with E-state index < -0.39 is 11.5 Å². The van der Waals surface area contributed by atoms with E-state index >= 15 is 0 Å². The van der Waals surface area contributed by atoms with Crippen LogP contribution in [0.25, 0.3) is 0 Å². The van der Waals surface area contributed by atoms with Gasteiger partial charge in [0.2, 0.25) is 0 Å². The second-order valence-electron chi connectivity index (χ2n) is 6.25. The molecule has 124 valence electrons. The summed E-state index contributed by atoms with van der Waals surface area (Å²) < 4.78 is 5.80. The van der Waals surface area contributed by atoms with E-state index in [1.807, 2.05) is 13.8 Å². The van der Waals surface area contributed by atoms with Crippen molar-refractivity contribution in [3.63, 3.8) is 0 Å². The van der Waals surface area contributed by atoms with Crippen LogP contribution in [-0.2, 0) is 0 Å². The van der Waals surface area contributed by atoms with E-state index in [4.69, 9.17) is 27.9 Å². The molecule has 3 rings (SSSR count). The van der Waals surface area contributed by atoms with E-state index in [9.17, 15) is 9.59 Å². The van der Waals surface area contributed by atoms with Gasteiger partial charge in [0.1, 0.15) is 11.4 Å². The number of ketones is 1. The molecule has 1 aliphatic heterocycles. The smallest absolute Gasteiger partial charge is 0.257 e. The fourth-order valence-corrected chi connectivity index (χ4v) is 2.98. The van der Waals surface area contributed by atoms with Crippen molar-refractivity contribution in [2.24, 2.45) is 0 Å². The molecule has 1 heterocycles. The standard InChI is InChI=1S/C18H15Cl2NO3/c1-18(2)9-15(22)13-8-11(4-6-16(13)24-18)21-17(23)12-7-10(19)3-5-14(12)20/h3-8H,9H2,1-2H3,(H,21,23). The van der Waals surface area contributed by atoms with Crippen molar-refractivity contribution in [2.75, 3.05) is 5.32 Å². The molecule has 6 heteroatoms. The highest BCUT2D eigenvalue weighted by Crippen LogP contribution is 2.34. The predicted octanol–water partition coefficient (Wildman–Crippen LogP) is 4.99. The molecule has 0 fully saturated rings. The van der Waals surface area contributed by atoms with Crippen molar-refractivity contribution in [1.82, 2.24) is 0 Å². The minimum atomic E-state index is -0.525. The van der Waals surface area contributed by atoms with Gasteiger partial charge in [0.15, 0.2) is 5.78 Å². The van der Waals surface area contributed by atoms with E-state index in [2.05, 4.69) is 5.32 Å². The highest BCUT2D eigenvalue weighted by atomic mass is 35.5. The van der Waals surface area contributed by atoms with Gasteiger partial charge in [-0.25, -0.2) is 0 Å². The molecule has 0 aliphatic carbocycles. The third-order valence-electron chi connectivity index (χ3n) is 3.68. The maximum Gasteiger partial charge on any atom is 0.257 e. The van der Waals surface area contributed by atoms with E-state index in [1.165, 1.54) is 6.07 Å². The molecule has 0 atom stereocenters. The Morgan fingerprint density at radius 2 is 1.92 bits per heavy atom. The third kappa shape index (κ3) is 3.40. The lowest BCUT2D eigenvalue weighted by molar-refractivity contribution is 0.0620. The Balaban J connectivity index is 1.87. The Bertz CT molecular complexity index is 846. The average Bonchev–Trinajstić information content (AvgIpc) is 2.49. The summed E-state index contributed by atoms with van der Waals surface area (Å²) in [5.74, 6) is 0.111. The normalized spacial score (nSPS) is 15.4. The van der Waals surface area contributed by atoms with Gasteiger partial charge in [0.25, 0.3) is 5.91 Å². The largest absolute Gasteiger partial charge is 0.487 e. The summed E-state index contributed by atoms with van der Waals surface area (Å²) >= 11 is 11.9. The fourth-order valence-electron chi connectivity index (χ4n) is 2.60. The molecular weight excluding hydrogens is 349 g/mol. The first kappa shape index (κ1) is 16.8. The SMILES string of the molecule is CC1(C)CC(=O)c2cc(NC(=O)c3cc(Cl)ccc3Cl)ccc2O1. The number of halogens is 2. The number of anilines is 1. The predicted molar refractivity (Wildman–Crippen MR) is 94.5 cm³/mol. The van der Waals surface area contributed by atoms with Crippen LogP contribution >= 0.6 is 23.2 Å². The first-order valence-corrected chi connectivity index (χ1v) is 8.13. The number of Topliss-reactive ketones (excluding diaryl/α,β-unsaturated/α-hetero) is 1. The van der Waals surface area contributed by atoms with Crippen molar-refractivity contribution < 1.29 is 14.3 Å². The van der Waals surface area contributed by atoms with Gasteiger partial charge in [-0.15, -0.1) is 0 Å². The van der Waals surface area contributed by atoms with E-state index in [0.717, 1.165) is 0 Å². The van der Waals surface area contributed by atoms with Crippen molar-refractivity contribution in [2.45, 2.75) is 25.9 Å². The van der Waals surface area contributed by atoms with Crippen molar-refractivity contribution in [3.8, 4) is 5.75 Å². The molecule has 1 N–H and O–H groups in total. The Morgan fingerprint density at radius 1 is 1.17 bits per heavy atom. The average molecular weight is 364 g/mol. The summed E-state index contributed by atoms with van der Waals surface area (Å²) in [6, 6.07) is 9.65. The molecule has 0 aromatic heterocycles. The van der Waals surface area contributed by atoms with E-state index in [0.29, 0.717) is 27.0 Å². The van der Waals surface area contributed by atoms with Crippen LogP contribution < -0.4 is 10.1 Å². The van der Waals surface area contributed by atoms with Gasteiger partial charge >= 0.3 is 0 Å². The first-order valence-electron chi connectivity index (χ1n) is 7.38. The monoisotopic (exact) mass is 363 g/mol. The summed E-state index contributed by atoms with van der Waals surface area (Å²) in [6.45, 7) is 3.73. The number of hydrogen-bond acceptors (Lipinski definition) is 3. The van der Waals surface area contributed by atoms with Crippen LogP contribution in [0, 0.1) is 0 Å². The number of amides is 1. The van der Waals surface area contributed by atoms with Gasteiger partial charge in [0, 0.05) is 10.7 Å². The van der Waals surface area contributed by atoms with Crippen LogP contribution in [0.15, 0.2) is 36.4 Å². The fraction of sp³-hybridized carbons (Fsp3) is 0.222. The lowest BCUT2D eigenvalue weighted by Crippen LogP contribution is -2.35. The number of fused-ring (bicyclic) bond motifs is 1. The lowest BCUT2D eigenvalue weighted by Gasteiger charge is -2.31. The van der Waals surface area contributed by atoms with Crippen LogP contribution in [0.1, 0.15) is 41.0 Å². The number of rotatable bonds is 2. The van der Waals surface area contributed by atoms with Crippen LogP contribution in [0.4, 0.5) is 5.69 Å². The van der Waals surface area contributed by atoms with Gasteiger partial charge in [-0.3, -0.25) is 9.59 Å². The maximum atomic E-state index is 12.4. The number of carbonyl (C=O) groups is 2. The third-order valence-corrected chi connectivity index (χ3v) is 4.25. The number of nitrogens with one attached hydrogen (secondary N) is 1. The Kier molecular flexibility index (Phi) is 4.28. The molecule has 4 nitrogen and oxygen atoms in total. The van der Waals surface area contributed by atoms with Crippen LogP contribution in [0.5, 0.6) is 5.75 Å². The van der Waals surface area contributed by atoms with Crippen LogP contribution in [0.3, 0.4) is 0 Å². The summed E-state index contributed by atoms with van der Waals surface area (Å²) in [6.07, 6.45) is 0.289. The lowest BCUT2D eigenvalue weighted by atomic mass is 9.93. The number of hydrogen-bond donors (Lipinski definition) is 1. The minimum absolute atomic E-state index is 0.0156. The minimum Gasteiger partial charge on any atom is -0.487 e. The second-order valence-corrected chi connectivity index (χ2v) is 7.09. The van der Waals surface area contributed by atoms with E-state index in [-0.39, 0.29) is 17.8 Å². The topological polar surface area (TPSA) is 55.4 Å². The van der Waals surface area contributed by atoms with Crippen molar-refractivity contribution in [3.05, 3.63) is 57.6 Å². The zero-order valence-electron chi connectivity index (χ0n) is 13.2. The first-order chi connectivity index (χ1) is 11.2. The van der Waals surface area contributed by atoms with Crippen LogP contribution in [-0.4, -0.2) is 17.3 Å². The molecule has 0 saturated carbocycles. The van der Waals surface area contributed by atoms with Gasteiger partial charge in [0.05, 0.1) is 22.6 Å². The summed E-state index contributed by atoms with van der Waals surface area (Å²) in [5.41, 5.74) is 0.699. The molecule has 0 bridgehead atoms. The number of benzene rings is 2. The molecule has 0 saturated heterocycles.